The van der Waals surface area contributed by atoms with E-state index in [-0.39, 0.29) is 29.8 Å². The molecule has 32 heavy (non-hydrogen) atoms. The van der Waals surface area contributed by atoms with Gasteiger partial charge in [-0.3, -0.25) is 4.99 Å². The van der Waals surface area contributed by atoms with Gasteiger partial charge in [-0.05, 0) is 36.4 Å². The van der Waals surface area contributed by atoms with E-state index in [1.54, 1.807) is 13.1 Å². The molecule has 1 N–H and O–H groups in total. The third-order valence-electron chi connectivity index (χ3n) is 5.16. The van der Waals surface area contributed by atoms with Crippen molar-refractivity contribution in [3.63, 3.8) is 0 Å². The van der Waals surface area contributed by atoms with Crippen LogP contribution in [0.2, 0.25) is 5.02 Å². The zero-order chi connectivity index (χ0) is 21.6. The van der Waals surface area contributed by atoms with Gasteiger partial charge in [0.15, 0.2) is 5.96 Å². The van der Waals surface area contributed by atoms with Gasteiger partial charge in [0, 0.05) is 62.5 Å². The highest BCUT2D eigenvalue weighted by molar-refractivity contribution is 14.0. The predicted octanol–water partition coefficient (Wildman–Crippen LogP) is 4.09. The Hall–Kier alpha value is -2.40. The maximum atomic E-state index is 13.1. The number of rotatable bonds is 5. The van der Waals surface area contributed by atoms with E-state index in [9.17, 15) is 4.39 Å². The fourth-order valence-electron chi connectivity index (χ4n) is 3.54. The van der Waals surface area contributed by atoms with E-state index < -0.39 is 0 Å². The minimum atomic E-state index is -0.215. The van der Waals surface area contributed by atoms with Crippen molar-refractivity contribution in [1.29, 1.82) is 0 Å². The lowest BCUT2D eigenvalue weighted by Gasteiger charge is -2.37. The van der Waals surface area contributed by atoms with Crippen LogP contribution in [0.1, 0.15) is 5.89 Å². The molecule has 2 aromatic carbocycles. The van der Waals surface area contributed by atoms with Gasteiger partial charge in [-0.1, -0.05) is 28.9 Å². The van der Waals surface area contributed by atoms with Gasteiger partial charge >= 0.3 is 0 Å². The van der Waals surface area contributed by atoms with E-state index in [1.165, 1.54) is 12.1 Å². The number of halogens is 3. The molecule has 10 heteroatoms. The van der Waals surface area contributed by atoms with E-state index in [0.29, 0.717) is 29.7 Å². The minimum absolute atomic E-state index is 0. The number of nitrogens with one attached hydrogen (secondary N) is 1. The summed E-state index contributed by atoms with van der Waals surface area (Å²) in [7, 11) is 1.78. The number of hydrogen-bond donors (Lipinski definition) is 1. The average Bonchev–Trinajstić information content (AvgIpc) is 3.27. The highest BCUT2D eigenvalue weighted by Crippen LogP contribution is 2.20. The summed E-state index contributed by atoms with van der Waals surface area (Å²) in [5, 5.41) is 8.04. The lowest BCUT2D eigenvalue weighted by Crippen LogP contribution is -2.52. The Kier molecular flexibility index (Phi) is 8.68. The van der Waals surface area contributed by atoms with Crippen molar-refractivity contribution >= 4 is 47.2 Å². The van der Waals surface area contributed by atoms with Crippen LogP contribution in [0.5, 0.6) is 0 Å². The van der Waals surface area contributed by atoms with Crippen molar-refractivity contribution in [2.24, 2.45) is 4.99 Å². The lowest BCUT2D eigenvalue weighted by molar-refractivity contribution is 0.365. The van der Waals surface area contributed by atoms with Crippen molar-refractivity contribution in [2.45, 2.75) is 6.42 Å². The van der Waals surface area contributed by atoms with Crippen LogP contribution in [0, 0.1) is 5.82 Å². The van der Waals surface area contributed by atoms with Crippen LogP contribution < -0.4 is 10.2 Å². The highest BCUT2D eigenvalue weighted by atomic mass is 127. The van der Waals surface area contributed by atoms with Gasteiger partial charge in [0.2, 0.25) is 11.7 Å². The van der Waals surface area contributed by atoms with Gasteiger partial charge < -0.3 is 19.6 Å². The lowest BCUT2D eigenvalue weighted by atomic mass is 10.2. The first-order valence-electron chi connectivity index (χ1n) is 10.2. The molecule has 170 valence electrons. The zero-order valence-electron chi connectivity index (χ0n) is 17.7. The molecule has 1 aliphatic rings. The van der Waals surface area contributed by atoms with Gasteiger partial charge in [-0.15, -0.1) is 24.0 Å². The molecule has 0 atom stereocenters. The summed E-state index contributed by atoms with van der Waals surface area (Å²) in [6, 6.07) is 14.0. The van der Waals surface area contributed by atoms with Crippen LogP contribution >= 0.6 is 35.6 Å². The number of aromatic nitrogens is 2. The zero-order valence-corrected chi connectivity index (χ0v) is 20.8. The molecule has 0 spiro atoms. The Balaban J connectivity index is 0.00000289. The number of anilines is 1. The normalized spacial score (nSPS) is 14.3. The van der Waals surface area contributed by atoms with Crippen LogP contribution in [0.3, 0.4) is 0 Å². The molecule has 3 aromatic rings. The van der Waals surface area contributed by atoms with Crippen LogP contribution in [-0.4, -0.2) is 60.8 Å². The van der Waals surface area contributed by atoms with E-state index in [1.807, 2.05) is 30.3 Å². The molecule has 1 saturated heterocycles. The topological polar surface area (TPSA) is 69.8 Å². The third-order valence-corrected chi connectivity index (χ3v) is 5.39. The number of nitrogens with zero attached hydrogens (tertiary/aromatic N) is 5. The summed E-state index contributed by atoms with van der Waals surface area (Å²) in [6.07, 6.45) is 0.585. The van der Waals surface area contributed by atoms with Gasteiger partial charge in [0.25, 0.3) is 0 Å². The number of guanidine groups is 1. The summed E-state index contributed by atoms with van der Waals surface area (Å²) in [5.41, 5.74) is 1.86. The molecule has 0 radical (unpaired) electrons. The van der Waals surface area contributed by atoms with Crippen molar-refractivity contribution in [3.8, 4) is 11.4 Å². The van der Waals surface area contributed by atoms with Crippen LogP contribution in [0.15, 0.2) is 58.0 Å². The maximum absolute atomic E-state index is 13.1. The molecule has 0 unspecified atom stereocenters. The van der Waals surface area contributed by atoms with E-state index >= 15 is 0 Å². The smallest absolute Gasteiger partial charge is 0.228 e. The molecule has 7 nitrogen and oxygen atoms in total. The SMILES string of the molecule is CN=C(NCCc1nc(-c2cccc(Cl)c2)no1)N1CCN(c2ccc(F)cc2)CC1.I. The van der Waals surface area contributed by atoms with Gasteiger partial charge in [-0.2, -0.15) is 4.98 Å². The minimum Gasteiger partial charge on any atom is -0.368 e. The van der Waals surface area contributed by atoms with Crippen LogP contribution in [-0.2, 0) is 6.42 Å². The third kappa shape index (κ3) is 6.10. The van der Waals surface area contributed by atoms with Gasteiger partial charge in [-0.25, -0.2) is 4.39 Å². The summed E-state index contributed by atoms with van der Waals surface area (Å²) >= 11 is 6.03. The van der Waals surface area contributed by atoms with E-state index in [2.05, 4.69) is 30.2 Å². The standard InChI is InChI=1S/C22H24ClFN6O.HI/c1-25-22(30-13-11-29(12-14-30)19-7-5-18(24)6-8-19)26-10-9-20-27-21(28-31-20)16-3-2-4-17(23)15-16;/h2-8,15H,9-14H2,1H3,(H,25,26);1H. The molecular formula is C22H25ClFIN6O. The van der Waals surface area contributed by atoms with E-state index in [0.717, 1.165) is 43.4 Å². The summed E-state index contributed by atoms with van der Waals surface area (Å²) in [5.74, 6) is 1.71. The summed E-state index contributed by atoms with van der Waals surface area (Å²) < 4.78 is 18.5. The molecular weight excluding hydrogens is 546 g/mol. The Morgan fingerprint density at radius 1 is 1.16 bits per heavy atom. The largest absolute Gasteiger partial charge is 0.368 e. The molecule has 0 amide bonds. The second-order valence-corrected chi connectivity index (χ2v) is 7.63. The fraction of sp³-hybridized carbons (Fsp3) is 0.318. The Morgan fingerprint density at radius 2 is 1.91 bits per heavy atom. The number of piperazine rings is 1. The second kappa shape index (κ2) is 11.5. The van der Waals surface area contributed by atoms with Crippen LogP contribution in [0.25, 0.3) is 11.4 Å². The number of hydrogen-bond acceptors (Lipinski definition) is 5. The van der Waals surface area contributed by atoms with Gasteiger partial charge in [0.1, 0.15) is 5.82 Å². The predicted molar refractivity (Wildman–Crippen MR) is 135 cm³/mol. The molecule has 4 rings (SSSR count). The molecule has 1 aliphatic heterocycles. The van der Waals surface area contributed by atoms with Crippen molar-refractivity contribution in [1.82, 2.24) is 20.4 Å². The Labute approximate surface area is 208 Å². The van der Waals surface area contributed by atoms with Crippen molar-refractivity contribution in [3.05, 3.63) is 65.3 Å². The number of aliphatic imine (C=N–C) groups is 1. The quantitative estimate of drug-likeness (QED) is 0.283. The molecule has 2 heterocycles. The second-order valence-electron chi connectivity index (χ2n) is 7.20. The summed E-state index contributed by atoms with van der Waals surface area (Å²) in [4.78, 5) is 13.3. The highest BCUT2D eigenvalue weighted by Gasteiger charge is 2.20. The van der Waals surface area contributed by atoms with Crippen molar-refractivity contribution < 1.29 is 8.91 Å². The molecule has 1 aromatic heterocycles. The molecule has 1 fully saturated rings. The molecule has 0 saturated carbocycles. The summed E-state index contributed by atoms with van der Waals surface area (Å²) in [6.45, 7) is 3.98. The number of benzene rings is 2. The monoisotopic (exact) mass is 570 g/mol. The van der Waals surface area contributed by atoms with Crippen LogP contribution in [0.4, 0.5) is 10.1 Å². The Bertz CT molecular complexity index is 1040. The first-order valence-corrected chi connectivity index (χ1v) is 10.5. The fourth-order valence-corrected chi connectivity index (χ4v) is 3.73. The maximum Gasteiger partial charge on any atom is 0.228 e. The van der Waals surface area contributed by atoms with Crippen molar-refractivity contribution in [2.75, 3.05) is 44.7 Å². The Morgan fingerprint density at radius 3 is 2.59 bits per heavy atom. The first kappa shape index (κ1) is 24.2. The van der Waals surface area contributed by atoms with E-state index in [4.69, 9.17) is 16.1 Å². The first-order chi connectivity index (χ1) is 15.1. The molecule has 0 aliphatic carbocycles. The molecule has 0 bridgehead atoms. The average molecular weight is 571 g/mol. The van der Waals surface area contributed by atoms with Gasteiger partial charge in [0.05, 0.1) is 0 Å².